The molecular formula is C9H9N2OP. The van der Waals surface area contributed by atoms with Crippen molar-refractivity contribution >= 4 is 26.0 Å². The fourth-order valence-corrected chi connectivity index (χ4v) is 1.54. The van der Waals surface area contributed by atoms with Gasteiger partial charge in [0.15, 0.2) is 0 Å². The van der Waals surface area contributed by atoms with Crippen LogP contribution in [0, 0.1) is 0 Å². The van der Waals surface area contributed by atoms with E-state index < -0.39 is 0 Å². The Morgan fingerprint density at radius 2 is 2.15 bits per heavy atom. The summed E-state index contributed by atoms with van der Waals surface area (Å²) >= 11 is 0. The van der Waals surface area contributed by atoms with E-state index in [0.717, 1.165) is 11.1 Å². The number of fused-ring (bicyclic) bond motifs is 1. The molecule has 0 saturated carbocycles. The van der Waals surface area contributed by atoms with Crippen molar-refractivity contribution in [1.29, 1.82) is 0 Å². The van der Waals surface area contributed by atoms with Crippen molar-refractivity contribution in [3.8, 4) is 5.75 Å². The van der Waals surface area contributed by atoms with Crippen LogP contribution >= 0.6 is 9.39 Å². The minimum atomic E-state index is 0.208. The summed E-state index contributed by atoms with van der Waals surface area (Å²) in [6, 6.07) is 7.19. The van der Waals surface area contributed by atoms with E-state index in [2.05, 4.69) is 19.5 Å². The molecule has 2 rings (SSSR count). The number of benzene rings is 1. The second kappa shape index (κ2) is 3.19. The molecule has 1 aromatic heterocycles. The van der Waals surface area contributed by atoms with Gasteiger partial charge in [0.05, 0.1) is 0 Å². The number of aromatic nitrogens is 1. The van der Waals surface area contributed by atoms with Gasteiger partial charge in [-0.05, 0) is 33.7 Å². The summed E-state index contributed by atoms with van der Waals surface area (Å²) in [5, 5.41) is 13.4. The van der Waals surface area contributed by atoms with Gasteiger partial charge in [-0.2, -0.15) is 0 Å². The average molecular weight is 192 g/mol. The first-order chi connectivity index (χ1) is 6.33. The number of rotatable bonds is 1. The minimum absolute atomic E-state index is 0.208. The van der Waals surface area contributed by atoms with E-state index in [0.29, 0.717) is 5.52 Å². The van der Waals surface area contributed by atoms with Crippen LogP contribution in [0.2, 0.25) is 0 Å². The lowest BCUT2D eigenvalue weighted by Gasteiger charge is -2.05. The van der Waals surface area contributed by atoms with Gasteiger partial charge in [-0.3, -0.25) is 4.98 Å². The smallest absolute Gasteiger partial charge is 0.141 e. The Morgan fingerprint density at radius 3 is 2.92 bits per heavy atom. The van der Waals surface area contributed by atoms with Crippen LogP contribution in [0.3, 0.4) is 0 Å². The number of hydrogen-bond donors (Lipinski definition) is 2. The Labute approximate surface area is 78.1 Å². The van der Waals surface area contributed by atoms with E-state index in [-0.39, 0.29) is 5.75 Å². The highest BCUT2D eigenvalue weighted by atomic mass is 31.0. The summed E-state index contributed by atoms with van der Waals surface area (Å²) in [6.07, 6.45) is 1.66. The summed E-state index contributed by atoms with van der Waals surface area (Å²) in [7, 11) is 2.42. The molecule has 0 amide bonds. The second-order valence-corrected chi connectivity index (χ2v) is 2.96. The van der Waals surface area contributed by atoms with Gasteiger partial charge in [0.2, 0.25) is 0 Å². The third-order valence-electron chi connectivity index (χ3n) is 1.90. The van der Waals surface area contributed by atoms with Gasteiger partial charge in [-0.1, -0.05) is 0 Å². The molecule has 3 nitrogen and oxygen atoms in total. The molecule has 1 atom stereocenters. The van der Waals surface area contributed by atoms with Gasteiger partial charge in [0, 0.05) is 17.3 Å². The number of nitrogens with one attached hydrogen (secondary N) is 1. The van der Waals surface area contributed by atoms with Crippen LogP contribution in [0.5, 0.6) is 5.75 Å². The van der Waals surface area contributed by atoms with E-state index in [1.165, 1.54) is 0 Å². The molecule has 0 aliphatic rings. The first kappa shape index (κ1) is 8.27. The van der Waals surface area contributed by atoms with Gasteiger partial charge in [0.25, 0.3) is 0 Å². The van der Waals surface area contributed by atoms with Gasteiger partial charge in [0.1, 0.15) is 11.3 Å². The fourth-order valence-electron chi connectivity index (χ4n) is 1.28. The zero-order valence-corrected chi connectivity index (χ0v) is 8.01. The zero-order valence-electron chi connectivity index (χ0n) is 6.86. The SMILES string of the molecule is Oc1ccc(NP)c2cccnc12. The predicted octanol–water partition coefficient (Wildman–Crippen LogP) is 2.14. The van der Waals surface area contributed by atoms with Crippen LogP contribution in [-0.4, -0.2) is 10.1 Å². The third-order valence-corrected chi connectivity index (χ3v) is 2.21. The Balaban J connectivity index is 2.84. The average Bonchev–Trinajstić information content (AvgIpc) is 2.19. The maximum absolute atomic E-state index is 9.49. The Hall–Kier alpha value is -1.34. The number of pyridine rings is 1. The van der Waals surface area contributed by atoms with Crippen molar-refractivity contribution < 1.29 is 5.11 Å². The summed E-state index contributed by atoms with van der Waals surface area (Å²) < 4.78 is 0. The molecule has 4 heteroatoms. The maximum Gasteiger partial charge on any atom is 0.141 e. The summed E-state index contributed by atoms with van der Waals surface area (Å²) in [6.45, 7) is 0. The van der Waals surface area contributed by atoms with E-state index in [4.69, 9.17) is 0 Å². The van der Waals surface area contributed by atoms with Crippen LogP contribution < -0.4 is 5.09 Å². The van der Waals surface area contributed by atoms with Crippen LogP contribution in [0.4, 0.5) is 5.69 Å². The zero-order chi connectivity index (χ0) is 9.26. The molecule has 0 radical (unpaired) electrons. The number of phenols is 1. The minimum Gasteiger partial charge on any atom is -0.506 e. The van der Waals surface area contributed by atoms with Gasteiger partial charge < -0.3 is 10.2 Å². The normalized spacial score (nSPS) is 10.2. The molecule has 2 aromatic rings. The lowest BCUT2D eigenvalue weighted by molar-refractivity contribution is 0.480. The molecule has 0 bridgehead atoms. The topological polar surface area (TPSA) is 45.1 Å². The van der Waals surface area contributed by atoms with Crippen molar-refractivity contribution in [1.82, 2.24) is 4.98 Å². The largest absolute Gasteiger partial charge is 0.506 e. The molecule has 0 saturated heterocycles. The number of hydrogen-bond acceptors (Lipinski definition) is 3. The number of nitrogens with zero attached hydrogens (tertiary/aromatic N) is 1. The summed E-state index contributed by atoms with van der Waals surface area (Å²) in [5.74, 6) is 0.208. The molecule has 66 valence electrons. The molecule has 1 unspecified atom stereocenters. The second-order valence-electron chi connectivity index (χ2n) is 2.68. The Kier molecular flexibility index (Phi) is 2.03. The van der Waals surface area contributed by atoms with Crippen LogP contribution in [0.25, 0.3) is 10.9 Å². The van der Waals surface area contributed by atoms with Crippen LogP contribution in [0.1, 0.15) is 0 Å². The lowest BCUT2D eigenvalue weighted by Crippen LogP contribution is -1.84. The van der Waals surface area contributed by atoms with E-state index in [1.54, 1.807) is 12.3 Å². The number of anilines is 1. The highest BCUT2D eigenvalue weighted by Gasteiger charge is 2.03. The molecule has 13 heavy (non-hydrogen) atoms. The lowest BCUT2D eigenvalue weighted by atomic mass is 10.2. The van der Waals surface area contributed by atoms with Crippen LogP contribution in [-0.2, 0) is 0 Å². The molecular weight excluding hydrogens is 183 g/mol. The molecule has 0 spiro atoms. The molecule has 0 fully saturated rings. The summed E-state index contributed by atoms with van der Waals surface area (Å²) in [4.78, 5) is 4.09. The highest BCUT2D eigenvalue weighted by molar-refractivity contribution is 7.18. The van der Waals surface area contributed by atoms with Crippen molar-refractivity contribution in [2.45, 2.75) is 0 Å². The fraction of sp³-hybridized carbons (Fsp3) is 0. The standard InChI is InChI=1S/C9H9N2OP/c12-8-4-3-7(11-13)6-2-1-5-10-9(6)8/h1-5,11-12H,13H2. The molecule has 1 heterocycles. The first-order valence-electron chi connectivity index (χ1n) is 3.86. The predicted molar refractivity (Wildman–Crippen MR) is 56.7 cm³/mol. The van der Waals surface area contributed by atoms with E-state index in [1.807, 2.05) is 18.2 Å². The summed E-state index contributed by atoms with van der Waals surface area (Å²) in [5.41, 5.74) is 1.56. The Bertz CT molecular complexity index is 445. The quantitative estimate of drug-likeness (QED) is 0.537. The van der Waals surface area contributed by atoms with Crippen molar-refractivity contribution in [2.75, 3.05) is 5.09 Å². The van der Waals surface area contributed by atoms with E-state index in [9.17, 15) is 5.11 Å². The van der Waals surface area contributed by atoms with Crippen LogP contribution in [0.15, 0.2) is 30.5 Å². The first-order valence-corrected chi connectivity index (χ1v) is 4.44. The number of phenolic OH excluding ortho intramolecular Hbond substituents is 1. The molecule has 0 aliphatic heterocycles. The van der Waals surface area contributed by atoms with Gasteiger partial charge in [-0.25, -0.2) is 0 Å². The monoisotopic (exact) mass is 192 g/mol. The van der Waals surface area contributed by atoms with Gasteiger partial charge >= 0.3 is 0 Å². The molecule has 1 aromatic carbocycles. The maximum atomic E-state index is 9.49. The molecule has 0 aliphatic carbocycles. The molecule has 2 N–H and O–H groups in total. The third kappa shape index (κ3) is 1.31. The van der Waals surface area contributed by atoms with Gasteiger partial charge in [-0.15, -0.1) is 0 Å². The van der Waals surface area contributed by atoms with Crippen molar-refractivity contribution in [3.05, 3.63) is 30.5 Å². The van der Waals surface area contributed by atoms with Crippen molar-refractivity contribution in [3.63, 3.8) is 0 Å². The van der Waals surface area contributed by atoms with Crippen molar-refractivity contribution in [2.24, 2.45) is 0 Å². The Morgan fingerprint density at radius 1 is 1.31 bits per heavy atom. The van der Waals surface area contributed by atoms with E-state index >= 15 is 0 Å². The highest BCUT2D eigenvalue weighted by Crippen LogP contribution is 2.29. The number of aromatic hydroxyl groups is 1.